The van der Waals surface area contributed by atoms with Crippen molar-refractivity contribution in [2.24, 2.45) is 17.3 Å². The van der Waals surface area contributed by atoms with E-state index in [0.29, 0.717) is 31.0 Å². The minimum Gasteiger partial charge on any atom is -0.390 e. The Kier molecular flexibility index (Phi) is 4.06. The minimum atomic E-state index is -0.464. The van der Waals surface area contributed by atoms with Crippen molar-refractivity contribution in [3.05, 3.63) is 0 Å². The summed E-state index contributed by atoms with van der Waals surface area (Å²) in [5, 5.41) is 12.7. The molecule has 1 aliphatic carbocycles. The number of aliphatic hydroxyl groups excluding tert-OH is 1. The Labute approximate surface area is 118 Å². The molecule has 1 spiro atoms. The van der Waals surface area contributed by atoms with Crippen LogP contribution in [-0.2, 0) is 9.53 Å². The average molecular weight is 285 g/mol. The summed E-state index contributed by atoms with van der Waals surface area (Å²) in [5.74, 6) is 3.33. The number of rotatable bonds is 4. The molecule has 0 aromatic carbocycles. The van der Waals surface area contributed by atoms with Gasteiger partial charge in [0.1, 0.15) is 0 Å². The molecule has 2 N–H and O–H groups in total. The highest BCUT2D eigenvalue weighted by Gasteiger charge is 2.53. The summed E-state index contributed by atoms with van der Waals surface area (Å²) in [5.41, 5.74) is 0.564. The van der Waals surface area contributed by atoms with E-state index in [4.69, 9.17) is 4.74 Å². The third-order valence-corrected chi connectivity index (χ3v) is 5.99. The molecule has 3 aliphatic rings. The van der Waals surface area contributed by atoms with Crippen molar-refractivity contribution < 1.29 is 14.6 Å². The molecule has 5 heteroatoms. The monoisotopic (exact) mass is 285 g/mol. The molecule has 3 atom stereocenters. The normalized spacial score (nSPS) is 36.4. The highest BCUT2D eigenvalue weighted by atomic mass is 32.2. The standard InChI is InChI=1S/C14H23NO3S/c16-12-9-18-8-10(12)5-13(17)15-7-11-6-14(11)1-3-19-4-2-14/h10-12,16H,1-9H2,(H,15,17)/t10-,11?,12-/m1/s1. The highest BCUT2D eigenvalue weighted by Crippen LogP contribution is 2.60. The van der Waals surface area contributed by atoms with Gasteiger partial charge in [-0.1, -0.05) is 0 Å². The van der Waals surface area contributed by atoms with Crippen LogP contribution in [0.15, 0.2) is 0 Å². The van der Waals surface area contributed by atoms with E-state index in [1.54, 1.807) is 0 Å². The molecule has 1 unspecified atom stereocenters. The molecule has 0 aromatic rings. The quantitative estimate of drug-likeness (QED) is 0.810. The Hall–Kier alpha value is -0.260. The largest absolute Gasteiger partial charge is 0.390 e. The first kappa shape index (κ1) is 13.7. The maximum absolute atomic E-state index is 11.9. The summed E-state index contributed by atoms with van der Waals surface area (Å²) in [6, 6.07) is 0. The summed E-state index contributed by atoms with van der Waals surface area (Å²) in [7, 11) is 0. The van der Waals surface area contributed by atoms with Crippen LogP contribution < -0.4 is 5.32 Å². The van der Waals surface area contributed by atoms with Gasteiger partial charge in [0.2, 0.25) is 5.91 Å². The minimum absolute atomic E-state index is 0.0146. The lowest BCUT2D eigenvalue weighted by molar-refractivity contribution is -0.122. The summed E-state index contributed by atoms with van der Waals surface area (Å²) in [6.45, 7) is 1.72. The molecule has 2 heterocycles. The van der Waals surface area contributed by atoms with Crippen molar-refractivity contribution in [3.63, 3.8) is 0 Å². The zero-order valence-corrected chi connectivity index (χ0v) is 12.1. The molecule has 108 valence electrons. The number of aliphatic hydroxyl groups is 1. The van der Waals surface area contributed by atoms with E-state index in [9.17, 15) is 9.90 Å². The van der Waals surface area contributed by atoms with E-state index >= 15 is 0 Å². The van der Waals surface area contributed by atoms with Crippen LogP contribution in [0.5, 0.6) is 0 Å². The highest BCUT2D eigenvalue weighted by molar-refractivity contribution is 7.99. The summed E-state index contributed by atoms with van der Waals surface area (Å²) < 4.78 is 5.17. The fraction of sp³-hybridized carbons (Fsp3) is 0.929. The Morgan fingerprint density at radius 3 is 2.84 bits per heavy atom. The number of carbonyl (C=O) groups excluding carboxylic acids is 1. The lowest BCUT2D eigenvalue weighted by atomic mass is 9.96. The number of thioether (sulfide) groups is 1. The second-order valence-electron chi connectivity index (χ2n) is 6.25. The topological polar surface area (TPSA) is 58.6 Å². The number of hydrogen-bond acceptors (Lipinski definition) is 4. The van der Waals surface area contributed by atoms with Crippen molar-refractivity contribution in [2.75, 3.05) is 31.3 Å². The molecule has 3 fully saturated rings. The van der Waals surface area contributed by atoms with E-state index in [1.807, 2.05) is 0 Å². The Morgan fingerprint density at radius 2 is 2.16 bits per heavy atom. The van der Waals surface area contributed by atoms with Gasteiger partial charge in [0, 0.05) is 18.9 Å². The second kappa shape index (κ2) is 5.62. The smallest absolute Gasteiger partial charge is 0.220 e. The number of ether oxygens (including phenoxy) is 1. The molecule has 1 saturated carbocycles. The van der Waals surface area contributed by atoms with Gasteiger partial charge in [-0.05, 0) is 42.1 Å². The molecule has 1 amide bonds. The summed E-state index contributed by atoms with van der Waals surface area (Å²) >= 11 is 2.06. The van der Waals surface area contributed by atoms with Crippen LogP contribution in [0.1, 0.15) is 25.7 Å². The van der Waals surface area contributed by atoms with Gasteiger partial charge >= 0.3 is 0 Å². The maximum atomic E-state index is 11.9. The van der Waals surface area contributed by atoms with Gasteiger partial charge in [-0.3, -0.25) is 4.79 Å². The predicted octanol–water partition coefficient (Wildman–Crippen LogP) is 1.03. The van der Waals surface area contributed by atoms with Gasteiger partial charge < -0.3 is 15.2 Å². The van der Waals surface area contributed by atoms with Crippen molar-refractivity contribution >= 4 is 17.7 Å². The summed E-state index contributed by atoms with van der Waals surface area (Å²) in [4.78, 5) is 11.9. The number of carbonyl (C=O) groups is 1. The van der Waals surface area contributed by atoms with Crippen LogP contribution in [0, 0.1) is 17.3 Å². The molecule has 0 aromatic heterocycles. The van der Waals surface area contributed by atoms with Gasteiger partial charge in [-0.25, -0.2) is 0 Å². The first-order valence-electron chi connectivity index (χ1n) is 7.30. The van der Waals surface area contributed by atoms with Crippen molar-refractivity contribution in [3.8, 4) is 0 Å². The molecule has 0 bridgehead atoms. The predicted molar refractivity (Wildman–Crippen MR) is 75.0 cm³/mol. The molecule has 3 rings (SSSR count). The van der Waals surface area contributed by atoms with Gasteiger partial charge in [0.25, 0.3) is 0 Å². The number of nitrogens with one attached hydrogen (secondary N) is 1. The molecular formula is C14H23NO3S. The van der Waals surface area contributed by atoms with Gasteiger partial charge in [-0.15, -0.1) is 0 Å². The molecule has 4 nitrogen and oxygen atoms in total. The maximum Gasteiger partial charge on any atom is 0.220 e. The molecular weight excluding hydrogens is 262 g/mol. The fourth-order valence-electron chi connectivity index (χ4n) is 3.44. The number of hydrogen-bond donors (Lipinski definition) is 2. The van der Waals surface area contributed by atoms with Gasteiger partial charge in [0.05, 0.1) is 19.3 Å². The number of amides is 1. The van der Waals surface area contributed by atoms with E-state index in [1.165, 1.54) is 30.8 Å². The first-order chi connectivity index (χ1) is 9.20. The van der Waals surface area contributed by atoms with Gasteiger partial charge in [-0.2, -0.15) is 11.8 Å². The third kappa shape index (κ3) is 3.09. The summed E-state index contributed by atoms with van der Waals surface area (Å²) in [6.07, 6.45) is 3.88. The zero-order chi connectivity index (χ0) is 13.3. The van der Waals surface area contributed by atoms with Crippen molar-refractivity contribution in [1.82, 2.24) is 5.32 Å². The van der Waals surface area contributed by atoms with Crippen molar-refractivity contribution in [2.45, 2.75) is 31.8 Å². The van der Waals surface area contributed by atoms with Crippen LogP contribution >= 0.6 is 11.8 Å². The van der Waals surface area contributed by atoms with E-state index in [-0.39, 0.29) is 11.8 Å². The molecule has 2 aliphatic heterocycles. The van der Waals surface area contributed by atoms with Gasteiger partial charge in [0.15, 0.2) is 0 Å². The first-order valence-corrected chi connectivity index (χ1v) is 8.45. The molecule has 19 heavy (non-hydrogen) atoms. The van der Waals surface area contributed by atoms with Crippen LogP contribution in [0.2, 0.25) is 0 Å². The van der Waals surface area contributed by atoms with Crippen molar-refractivity contribution in [1.29, 1.82) is 0 Å². The van der Waals surface area contributed by atoms with Crippen LogP contribution in [0.25, 0.3) is 0 Å². The SMILES string of the molecule is O=C(C[C@@H]1COC[C@H]1O)NCC1CC12CCSCC2. The van der Waals surface area contributed by atoms with Crippen LogP contribution in [0.4, 0.5) is 0 Å². The van der Waals surface area contributed by atoms with E-state index < -0.39 is 6.10 Å². The molecule has 0 radical (unpaired) electrons. The average Bonchev–Trinajstić information content (AvgIpc) is 2.91. The lowest BCUT2D eigenvalue weighted by Gasteiger charge is -2.22. The van der Waals surface area contributed by atoms with Crippen LogP contribution in [0.3, 0.4) is 0 Å². The van der Waals surface area contributed by atoms with Crippen LogP contribution in [-0.4, -0.2) is 48.4 Å². The van der Waals surface area contributed by atoms with E-state index in [0.717, 1.165) is 6.54 Å². The Morgan fingerprint density at radius 1 is 1.37 bits per heavy atom. The lowest BCUT2D eigenvalue weighted by Crippen LogP contribution is -2.32. The second-order valence-corrected chi connectivity index (χ2v) is 7.47. The van der Waals surface area contributed by atoms with E-state index in [2.05, 4.69) is 17.1 Å². The Balaban J connectivity index is 1.37. The fourth-order valence-corrected chi connectivity index (χ4v) is 4.75. The zero-order valence-electron chi connectivity index (χ0n) is 11.3. The third-order valence-electron chi connectivity index (χ3n) is 5.01. The Bertz CT molecular complexity index is 344. The molecule has 2 saturated heterocycles.